The number of aromatic nitrogens is 1. The molecule has 8 heteroatoms. The van der Waals surface area contributed by atoms with Crippen LogP contribution in [-0.4, -0.2) is 32.7 Å². The number of ether oxygens (including phenoxy) is 1. The number of hydrogen-bond donors (Lipinski definition) is 1. The summed E-state index contributed by atoms with van der Waals surface area (Å²) in [6.07, 6.45) is 1.94. The predicted octanol–water partition coefficient (Wildman–Crippen LogP) is 4.73. The Morgan fingerprint density at radius 3 is 2.52 bits per heavy atom. The van der Waals surface area contributed by atoms with Crippen molar-refractivity contribution in [1.82, 2.24) is 4.98 Å². The minimum atomic E-state index is -3.86. The van der Waals surface area contributed by atoms with Gasteiger partial charge in [-0.1, -0.05) is 29.3 Å². The fourth-order valence-electron chi connectivity index (χ4n) is 3.16. The number of benzene rings is 2. The van der Waals surface area contributed by atoms with Gasteiger partial charge in [-0.2, -0.15) is 4.98 Å². The predicted molar refractivity (Wildman–Crippen MR) is 111 cm³/mol. The van der Waals surface area contributed by atoms with Crippen LogP contribution in [0.25, 0.3) is 11.5 Å². The van der Waals surface area contributed by atoms with E-state index in [4.69, 9.17) is 20.8 Å². The van der Waals surface area contributed by atoms with Crippen LogP contribution >= 0.6 is 11.6 Å². The summed E-state index contributed by atoms with van der Waals surface area (Å²) < 4.78 is 37.9. The van der Waals surface area contributed by atoms with E-state index in [-0.39, 0.29) is 27.8 Å². The zero-order valence-corrected chi connectivity index (χ0v) is 17.5. The Kier molecular flexibility index (Phi) is 5.63. The molecule has 1 N–H and O–H groups in total. The van der Waals surface area contributed by atoms with Crippen molar-refractivity contribution in [1.29, 1.82) is 0 Å². The lowest BCUT2D eigenvalue weighted by molar-refractivity contribution is 0.120. The molecule has 0 radical (unpaired) electrons. The Balaban J connectivity index is 1.73. The Morgan fingerprint density at radius 2 is 1.86 bits per heavy atom. The number of nitrogens with zero attached hydrogens (tertiary/aromatic N) is 1. The Bertz CT molecular complexity index is 1090. The van der Waals surface area contributed by atoms with E-state index in [9.17, 15) is 8.42 Å². The molecule has 1 saturated heterocycles. The van der Waals surface area contributed by atoms with Crippen molar-refractivity contribution in [3.63, 3.8) is 0 Å². The molecule has 1 aliphatic rings. The molecule has 0 unspecified atom stereocenters. The van der Waals surface area contributed by atoms with Crippen LogP contribution in [0.3, 0.4) is 0 Å². The Labute approximate surface area is 174 Å². The third-order valence-electron chi connectivity index (χ3n) is 4.79. The average Bonchev–Trinajstić information content (AvgIpc) is 3.37. The van der Waals surface area contributed by atoms with Gasteiger partial charge in [0.05, 0.1) is 11.0 Å². The summed E-state index contributed by atoms with van der Waals surface area (Å²) in [5.74, 6) is 0.327. The summed E-state index contributed by atoms with van der Waals surface area (Å²) in [7, 11) is -3.86. The molecular weight excluding hydrogens is 412 g/mol. The molecule has 0 aliphatic carbocycles. The van der Waals surface area contributed by atoms with Crippen LogP contribution in [0.4, 0.5) is 5.88 Å². The molecule has 29 heavy (non-hydrogen) atoms. The average molecular weight is 433 g/mol. The maximum Gasteiger partial charge on any atom is 0.233 e. The third-order valence-corrected chi connectivity index (χ3v) is 6.72. The zero-order chi connectivity index (χ0) is 20.4. The molecule has 1 aromatic heterocycles. The first-order valence-electron chi connectivity index (χ1n) is 9.37. The number of anilines is 1. The quantitative estimate of drug-likeness (QED) is 0.606. The molecule has 6 nitrogen and oxygen atoms in total. The largest absolute Gasteiger partial charge is 0.419 e. The lowest BCUT2D eigenvalue weighted by Crippen LogP contribution is -2.19. The molecule has 2 heterocycles. The first-order valence-corrected chi connectivity index (χ1v) is 11.2. The number of nitrogens with one attached hydrogen (secondary N) is 1. The van der Waals surface area contributed by atoms with Gasteiger partial charge in [0.1, 0.15) is 0 Å². The molecular formula is C21H21ClN2O4S. The highest BCUT2D eigenvalue weighted by molar-refractivity contribution is 7.91. The topological polar surface area (TPSA) is 81.4 Å². The van der Waals surface area contributed by atoms with E-state index < -0.39 is 9.84 Å². The fourth-order valence-corrected chi connectivity index (χ4v) is 4.56. The van der Waals surface area contributed by atoms with Gasteiger partial charge in [0.2, 0.25) is 26.6 Å². The van der Waals surface area contributed by atoms with E-state index in [0.29, 0.717) is 23.7 Å². The van der Waals surface area contributed by atoms with E-state index in [1.54, 1.807) is 48.5 Å². The van der Waals surface area contributed by atoms with Gasteiger partial charge in [0.25, 0.3) is 0 Å². The van der Waals surface area contributed by atoms with Crippen molar-refractivity contribution < 1.29 is 17.6 Å². The van der Waals surface area contributed by atoms with E-state index in [2.05, 4.69) is 10.3 Å². The number of aryl methyl sites for hydroxylation is 1. The van der Waals surface area contributed by atoms with Crippen LogP contribution in [0, 0.1) is 6.92 Å². The standard InChI is InChI=1S/C21H21ClN2O4S/c1-14-4-10-18(11-5-14)29(25,26)21-20(23-13-17-3-2-12-27-17)28-19(24-21)15-6-8-16(22)9-7-15/h4-11,17,23H,2-3,12-13H2,1H3/t17-/m1/s1. The molecule has 1 atom stereocenters. The molecule has 0 saturated carbocycles. The van der Waals surface area contributed by atoms with Gasteiger partial charge in [-0.15, -0.1) is 0 Å². The maximum atomic E-state index is 13.2. The van der Waals surface area contributed by atoms with E-state index in [1.165, 1.54) is 0 Å². The summed E-state index contributed by atoms with van der Waals surface area (Å²) in [4.78, 5) is 4.49. The van der Waals surface area contributed by atoms with E-state index >= 15 is 0 Å². The molecule has 1 fully saturated rings. The first-order chi connectivity index (χ1) is 13.9. The fraction of sp³-hybridized carbons (Fsp3) is 0.286. The molecule has 0 spiro atoms. The molecule has 0 amide bonds. The van der Waals surface area contributed by atoms with Crippen molar-refractivity contribution in [3.8, 4) is 11.5 Å². The van der Waals surface area contributed by atoms with Gasteiger partial charge in [-0.3, -0.25) is 0 Å². The molecule has 2 aromatic carbocycles. The van der Waals surface area contributed by atoms with Gasteiger partial charge in [-0.25, -0.2) is 8.42 Å². The molecule has 0 bridgehead atoms. The van der Waals surface area contributed by atoms with Crippen LogP contribution in [0.2, 0.25) is 5.02 Å². The van der Waals surface area contributed by atoms with Crippen molar-refractivity contribution in [2.24, 2.45) is 0 Å². The number of hydrogen-bond acceptors (Lipinski definition) is 6. The lowest BCUT2D eigenvalue weighted by atomic mass is 10.2. The van der Waals surface area contributed by atoms with Gasteiger partial charge in [0.15, 0.2) is 0 Å². The van der Waals surface area contributed by atoms with Crippen molar-refractivity contribution >= 4 is 27.3 Å². The van der Waals surface area contributed by atoms with Crippen LogP contribution < -0.4 is 5.32 Å². The Hall–Kier alpha value is -2.35. The first kappa shape index (κ1) is 19.9. The highest BCUT2D eigenvalue weighted by Crippen LogP contribution is 2.33. The second-order valence-electron chi connectivity index (χ2n) is 6.99. The highest BCUT2D eigenvalue weighted by atomic mass is 35.5. The van der Waals surface area contributed by atoms with Crippen molar-refractivity contribution in [3.05, 3.63) is 59.1 Å². The third kappa shape index (κ3) is 4.32. The van der Waals surface area contributed by atoms with E-state index in [1.807, 2.05) is 6.92 Å². The second-order valence-corrected chi connectivity index (χ2v) is 9.29. The van der Waals surface area contributed by atoms with Crippen LogP contribution in [0.15, 0.2) is 62.9 Å². The summed E-state index contributed by atoms with van der Waals surface area (Å²) in [6, 6.07) is 13.5. The van der Waals surface area contributed by atoms with Gasteiger partial charge >= 0.3 is 0 Å². The number of halogens is 1. The highest BCUT2D eigenvalue weighted by Gasteiger charge is 2.29. The number of sulfone groups is 1. The number of oxazole rings is 1. The summed E-state index contributed by atoms with van der Waals surface area (Å²) >= 11 is 5.95. The summed E-state index contributed by atoms with van der Waals surface area (Å²) in [6.45, 7) is 3.07. The maximum absolute atomic E-state index is 13.2. The minimum Gasteiger partial charge on any atom is -0.419 e. The Morgan fingerprint density at radius 1 is 1.14 bits per heavy atom. The smallest absolute Gasteiger partial charge is 0.233 e. The van der Waals surface area contributed by atoms with Crippen molar-refractivity contribution in [2.45, 2.75) is 35.8 Å². The van der Waals surface area contributed by atoms with Gasteiger partial charge in [-0.05, 0) is 56.2 Å². The SMILES string of the molecule is Cc1ccc(S(=O)(=O)c2nc(-c3ccc(Cl)cc3)oc2NC[C@H]2CCCO2)cc1. The van der Waals surface area contributed by atoms with Crippen LogP contribution in [-0.2, 0) is 14.6 Å². The zero-order valence-electron chi connectivity index (χ0n) is 15.9. The molecule has 152 valence electrons. The molecule has 1 aliphatic heterocycles. The van der Waals surface area contributed by atoms with Gasteiger partial charge < -0.3 is 14.5 Å². The summed E-state index contributed by atoms with van der Waals surface area (Å²) in [5, 5.41) is 3.52. The van der Waals surface area contributed by atoms with Crippen molar-refractivity contribution in [2.75, 3.05) is 18.5 Å². The summed E-state index contributed by atoms with van der Waals surface area (Å²) in [5.41, 5.74) is 1.61. The van der Waals surface area contributed by atoms with Gasteiger partial charge in [0, 0.05) is 23.7 Å². The van der Waals surface area contributed by atoms with Crippen LogP contribution in [0.1, 0.15) is 18.4 Å². The lowest BCUT2D eigenvalue weighted by Gasteiger charge is -2.10. The molecule has 3 aromatic rings. The van der Waals surface area contributed by atoms with E-state index in [0.717, 1.165) is 18.4 Å². The second kappa shape index (κ2) is 8.18. The van der Waals surface area contributed by atoms with Crippen LogP contribution in [0.5, 0.6) is 0 Å². The monoisotopic (exact) mass is 432 g/mol. The minimum absolute atomic E-state index is 0.0222. The number of rotatable bonds is 6. The molecule has 4 rings (SSSR count). The normalized spacial score (nSPS) is 16.8.